The van der Waals surface area contributed by atoms with Crippen LogP contribution in [-0.4, -0.2) is 37.1 Å². The van der Waals surface area contributed by atoms with Crippen molar-refractivity contribution in [3.8, 4) is 0 Å². The fourth-order valence-electron chi connectivity index (χ4n) is 4.29. The number of carbonyl (C=O) groups is 1. The molecule has 1 fully saturated rings. The van der Waals surface area contributed by atoms with Crippen LogP contribution in [0.2, 0.25) is 0 Å². The van der Waals surface area contributed by atoms with Gasteiger partial charge in [0.15, 0.2) is 0 Å². The maximum absolute atomic E-state index is 12.8. The van der Waals surface area contributed by atoms with Crippen LogP contribution < -0.4 is 0 Å². The van der Waals surface area contributed by atoms with Gasteiger partial charge in [0.1, 0.15) is 5.60 Å². The predicted octanol–water partition coefficient (Wildman–Crippen LogP) is 4.98. The van der Waals surface area contributed by atoms with E-state index in [1.54, 1.807) is 6.08 Å². The van der Waals surface area contributed by atoms with Gasteiger partial charge in [-0.3, -0.25) is 0 Å². The van der Waals surface area contributed by atoms with E-state index in [4.69, 9.17) is 4.74 Å². The largest absolute Gasteiger partial charge is 0.455 e. The first-order valence-electron chi connectivity index (χ1n) is 10.2. The van der Waals surface area contributed by atoms with E-state index in [1.807, 2.05) is 42.5 Å². The number of hydrogen-bond acceptors (Lipinski definition) is 3. The minimum absolute atomic E-state index is 0.245. The summed E-state index contributed by atoms with van der Waals surface area (Å²) in [6.45, 7) is 0.933. The molecular formula is C25H31NO2. The zero-order valence-electron chi connectivity index (χ0n) is 17.0. The molecule has 1 aliphatic rings. The quantitative estimate of drug-likeness (QED) is 0.504. The number of ether oxygens (including phenoxy) is 1. The van der Waals surface area contributed by atoms with Gasteiger partial charge in [-0.25, -0.2) is 4.79 Å². The van der Waals surface area contributed by atoms with Crippen molar-refractivity contribution in [2.45, 2.75) is 37.7 Å². The van der Waals surface area contributed by atoms with Gasteiger partial charge in [0.05, 0.1) is 0 Å². The van der Waals surface area contributed by atoms with Crippen LogP contribution in [0.25, 0.3) is 6.08 Å². The Morgan fingerprint density at radius 2 is 1.75 bits per heavy atom. The average molecular weight is 378 g/mol. The standard InChI is InChI=1S/C25H31NO2/c1-26(2)20-23-15-9-10-18-25(23,19-22-13-7-4-8-14-22)28-24(27)17-16-21-11-5-3-6-12-21/h3-8,11-14,16-17,23H,9-10,15,18-20H2,1-2H3/b17-16+. The van der Waals surface area contributed by atoms with E-state index < -0.39 is 5.60 Å². The highest BCUT2D eigenvalue weighted by molar-refractivity contribution is 5.87. The van der Waals surface area contributed by atoms with Gasteiger partial charge in [0.2, 0.25) is 0 Å². The summed E-state index contributed by atoms with van der Waals surface area (Å²) in [7, 11) is 4.19. The molecule has 3 heteroatoms. The Morgan fingerprint density at radius 3 is 2.43 bits per heavy atom. The van der Waals surface area contributed by atoms with Crippen molar-refractivity contribution in [1.82, 2.24) is 4.90 Å². The third-order valence-electron chi connectivity index (χ3n) is 5.59. The van der Waals surface area contributed by atoms with Gasteiger partial charge in [0.25, 0.3) is 0 Å². The number of hydrogen-bond donors (Lipinski definition) is 0. The van der Waals surface area contributed by atoms with Crippen LogP contribution in [0.4, 0.5) is 0 Å². The smallest absolute Gasteiger partial charge is 0.331 e. The van der Waals surface area contributed by atoms with Crippen LogP contribution in [0.15, 0.2) is 66.7 Å². The molecule has 0 saturated heterocycles. The topological polar surface area (TPSA) is 29.5 Å². The highest BCUT2D eigenvalue weighted by atomic mass is 16.6. The molecule has 1 aliphatic carbocycles. The fraction of sp³-hybridized carbons (Fsp3) is 0.400. The first-order valence-corrected chi connectivity index (χ1v) is 10.2. The summed E-state index contributed by atoms with van der Waals surface area (Å²) in [6.07, 6.45) is 8.51. The molecule has 0 N–H and O–H groups in total. The second-order valence-corrected chi connectivity index (χ2v) is 8.10. The van der Waals surface area contributed by atoms with Crippen molar-refractivity contribution in [1.29, 1.82) is 0 Å². The van der Waals surface area contributed by atoms with E-state index in [0.29, 0.717) is 5.92 Å². The Bertz CT molecular complexity index is 770. The second kappa shape index (κ2) is 9.70. The zero-order chi connectivity index (χ0) is 19.8. The summed E-state index contributed by atoms with van der Waals surface area (Å²) >= 11 is 0. The lowest BCUT2D eigenvalue weighted by Crippen LogP contribution is -2.50. The van der Waals surface area contributed by atoms with Gasteiger partial charge < -0.3 is 9.64 Å². The Labute approximate surface area is 169 Å². The summed E-state index contributed by atoms with van der Waals surface area (Å²) in [4.78, 5) is 15.0. The number of esters is 1. The molecule has 2 aromatic carbocycles. The van der Waals surface area contributed by atoms with E-state index in [2.05, 4.69) is 43.3 Å². The molecule has 3 rings (SSSR count). The zero-order valence-corrected chi connectivity index (χ0v) is 17.0. The highest BCUT2D eigenvalue weighted by Gasteiger charge is 2.44. The normalized spacial score (nSPS) is 22.5. The van der Waals surface area contributed by atoms with Crippen molar-refractivity contribution < 1.29 is 9.53 Å². The molecule has 0 bridgehead atoms. The minimum atomic E-state index is -0.442. The van der Waals surface area contributed by atoms with Gasteiger partial charge in [-0.2, -0.15) is 0 Å². The summed E-state index contributed by atoms with van der Waals surface area (Å²) in [5.41, 5.74) is 1.79. The van der Waals surface area contributed by atoms with Crippen molar-refractivity contribution in [2.75, 3.05) is 20.6 Å². The van der Waals surface area contributed by atoms with Crippen LogP contribution in [0.5, 0.6) is 0 Å². The van der Waals surface area contributed by atoms with Crippen molar-refractivity contribution >= 4 is 12.0 Å². The van der Waals surface area contributed by atoms with Crippen LogP contribution in [0, 0.1) is 5.92 Å². The number of benzene rings is 2. The minimum Gasteiger partial charge on any atom is -0.455 e. The summed E-state index contributed by atoms with van der Waals surface area (Å²) in [5, 5.41) is 0. The Morgan fingerprint density at radius 1 is 1.07 bits per heavy atom. The molecule has 0 heterocycles. The molecule has 0 amide bonds. The fourth-order valence-corrected chi connectivity index (χ4v) is 4.29. The summed E-state index contributed by atoms with van der Waals surface area (Å²) in [6, 6.07) is 20.3. The van der Waals surface area contributed by atoms with E-state index in [-0.39, 0.29) is 5.97 Å². The SMILES string of the molecule is CN(C)CC1CCCCC1(Cc1ccccc1)OC(=O)/C=C/c1ccccc1. The van der Waals surface area contributed by atoms with E-state index >= 15 is 0 Å². The summed E-state index contributed by atoms with van der Waals surface area (Å²) in [5.74, 6) is 0.0935. The lowest BCUT2D eigenvalue weighted by atomic mass is 9.71. The van der Waals surface area contributed by atoms with Crippen molar-refractivity contribution in [3.63, 3.8) is 0 Å². The molecule has 148 valence electrons. The maximum Gasteiger partial charge on any atom is 0.331 e. The molecule has 3 nitrogen and oxygen atoms in total. The molecule has 28 heavy (non-hydrogen) atoms. The van der Waals surface area contributed by atoms with Gasteiger partial charge in [-0.1, -0.05) is 67.1 Å². The van der Waals surface area contributed by atoms with E-state index in [1.165, 1.54) is 12.0 Å². The van der Waals surface area contributed by atoms with Crippen LogP contribution in [0.3, 0.4) is 0 Å². The molecule has 0 aliphatic heterocycles. The van der Waals surface area contributed by atoms with Crippen molar-refractivity contribution in [3.05, 3.63) is 77.9 Å². The molecule has 1 saturated carbocycles. The van der Waals surface area contributed by atoms with E-state index in [9.17, 15) is 4.79 Å². The van der Waals surface area contributed by atoms with Crippen molar-refractivity contribution in [2.24, 2.45) is 5.92 Å². The van der Waals surface area contributed by atoms with Gasteiger partial charge in [0, 0.05) is 25.0 Å². The highest BCUT2D eigenvalue weighted by Crippen LogP contribution is 2.40. The molecule has 0 spiro atoms. The van der Waals surface area contributed by atoms with Crippen LogP contribution >= 0.6 is 0 Å². The maximum atomic E-state index is 12.8. The lowest BCUT2D eigenvalue weighted by Gasteiger charge is -2.44. The van der Waals surface area contributed by atoms with Gasteiger partial charge in [-0.15, -0.1) is 0 Å². The van der Waals surface area contributed by atoms with E-state index in [0.717, 1.165) is 37.8 Å². The number of rotatable bonds is 7. The van der Waals surface area contributed by atoms with Crippen LogP contribution in [0.1, 0.15) is 36.8 Å². The molecule has 0 radical (unpaired) electrons. The number of nitrogens with zero attached hydrogens (tertiary/aromatic N) is 1. The third-order valence-corrected chi connectivity index (χ3v) is 5.59. The van der Waals surface area contributed by atoms with Crippen LogP contribution in [-0.2, 0) is 16.0 Å². The molecule has 0 aromatic heterocycles. The Hall–Kier alpha value is -2.39. The Kier molecular flexibility index (Phi) is 7.05. The third kappa shape index (κ3) is 5.56. The first kappa shape index (κ1) is 20.3. The summed E-state index contributed by atoms with van der Waals surface area (Å²) < 4.78 is 6.27. The first-order chi connectivity index (χ1) is 13.6. The average Bonchev–Trinajstić information content (AvgIpc) is 2.69. The molecule has 2 unspecified atom stereocenters. The number of carbonyl (C=O) groups excluding carboxylic acids is 1. The monoisotopic (exact) mass is 377 g/mol. The Balaban J connectivity index is 1.82. The lowest BCUT2D eigenvalue weighted by molar-refractivity contribution is -0.165. The predicted molar refractivity (Wildman–Crippen MR) is 115 cm³/mol. The molecule has 2 aromatic rings. The van der Waals surface area contributed by atoms with Gasteiger partial charge in [-0.05, 0) is 50.6 Å². The molecular weight excluding hydrogens is 346 g/mol. The molecule has 2 atom stereocenters. The van der Waals surface area contributed by atoms with Gasteiger partial charge >= 0.3 is 5.97 Å². The second-order valence-electron chi connectivity index (χ2n) is 8.10.